The molecule has 0 spiro atoms. The number of hydrogen-bond acceptors (Lipinski definition) is 0. The standard InChI is InChI=1S/C15H20/c1-10-8-12-6-7-13(15(3,4)5)9-14(12)11(10)2/h6-7,9H,8H2,1-5H3. The first kappa shape index (κ1) is 10.5. The lowest BCUT2D eigenvalue weighted by molar-refractivity contribution is 0.590. The van der Waals surface area contributed by atoms with Gasteiger partial charge in [-0.15, -0.1) is 0 Å². The minimum absolute atomic E-state index is 0.256. The fourth-order valence-corrected chi connectivity index (χ4v) is 2.19. The van der Waals surface area contributed by atoms with Crippen LogP contribution in [-0.2, 0) is 11.8 Å². The summed E-state index contributed by atoms with van der Waals surface area (Å²) in [6.45, 7) is 11.3. The lowest BCUT2D eigenvalue weighted by atomic mass is 9.85. The van der Waals surface area contributed by atoms with Crippen LogP contribution in [0.15, 0.2) is 23.8 Å². The predicted molar refractivity (Wildman–Crippen MR) is 67.1 cm³/mol. The van der Waals surface area contributed by atoms with E-state index in [0.717, 1.165) is 6.42 Å². The Kier molecular flexibility index (Phi) is 2.26. The summed E-state index contributed by atoms with van der Waals surface area (Å²) < 4.78 is 0. The highest BCUT2D eigenvalue weighted by Gasteiger charge is 2.19. The molecular weight excluding hydrogens is 180 g/mol. The van der Waals surface area contributed by atoms with E-state index in [1.807, 2.05) is 0 Å². The van der Waals surface area contributed by atoms with E-state index in [-0.39, 0.29) is 5.41 Å². The smallest absolute Gasteiger partial charge is 0.00579 e. The molecule has 1 aliphatic rings. The Labute approximate surface area is 93.0 Å². The second kappa shape index (κ2) is 3.23. The lowest BCUT2D eigenvalue weighted by Gasteiger charge is -2.20. The van der Waals surface area contributed by atoms with Gasteiger partial charge in [0.15, 0.2) is 0 Å². The SMILES string of the molecule is CC1=C(C)c2cc(C(C)(C)C)ccc2C1. The van der Waals surface area contributed by atoms with Crippen LogP contribution in [0.3, 0.4) is 0 Å². The third-order valence-electron chi connectivity index (χ3n) is 3.48. The van der Waals surface area contributed by atoms with Crippen molar-refractivity contribution in [2.75, 3.05) is 0 Å². The zero-order valence-corrected chi connectivity index (χ0v) is 10.4. The molecule has 15 heavy (non-hydrogen) atoms. The van der Waals surface area contributed by atoms with Gasteiger partial charge in [0, 0.05) is 0 Å². The van der Waals surface area contributed by atoms with Crippen LogP contribution < -0.4 is 0 Å². The van der Waals surface area contributed by atoms with Gasteiger partial charge in [0.2, 0.25) is 0 Å². The maximum absolute atomic E-state index is 2.38. The average molecular weight is 200 g/mol. The van der Waals surface area contributed by atoms with Gasteiger partial charge >= 0.3 is 0 Å². The molecule has 0 unspecified atom stereocenters. The topological polar surface area (TPSA) is 0 Å². The summed E-state index contributed by atoms with van der Waals surface area (Å²) >= 11 is 0. The molecular formula is C15H20. The Balaban J connectivity index is 2.52. The minimum atomic E-state index is 0.256. The molecule has 0 radical (unpaired) electrons. The highest BCUT2D eigenvalue weighted by atomic mass is 14.2. The van der Waals surface area contributed by atoms with Crippen LogP contribution in [0.1, 0.15) is 51.3 Å². The first-order valence-electron chi connectivity index (χ1n) is 5.70. The second-order valence-corrected chi connectivity index (χ2v) is 5.70. The van der Waals surface area contributed by atoms with E-state index >= 15 is 0 Å². The molecule has 0 heterocycles. The van der Waals surface area contributed by atoms with E-state index in [2.05, 4.69) is 52.8 Å². The third-order valence-corrected chi connectivity index (χ3v) is 3.48. The van der Waals surface area contributed by atoms with Crippen molar-refractivity contribution in [2.24, 2.45) is 0 Å². The molecule has 0 amide bonds. The van der Waals surface area contributed by atoms with Crippen molar-refractivity contribution < 1.29 is 0 Å². The third kappa shape index (κ3) is 1.73. The number of hydrogen-bond donors (Lipinski definition) is 0. The molecule has 2 rings (SSSR count). The molecule has 0 atom stereocenters. The van der Waals surface area contributed by atoms with Crippen molar-refractivity contribution in [3.05, 3.63) is 40.5 Å². The quantitative estimate of drug-likeness (QED) is 0.584. The van der Waals surface area contributed by atoms with Crippen molar-refractivity contribution >= 4 is 5.57 Å². The zero-order valence-electron chi connectivity index (χ0n) is 10.4. The molecule has 0 saturated heterocycles. The Morgan fingerprint density at radius 3 is 2.33 bits per heavy atom. The summed E-state index contributed by atoms with van der Waals surface area (Å²) in [5.74, 6) is 0. The van der Waals surface area contributed by atoms with Gasteiger partial charge in [0.05, 0.1) is 0 Å². The maximum atomic E-state index is 2.38. The van der Waals surface area contributed by atoms with Crippen molar-refractivity contribution in [3.63, 3.8) is 0 Å². The molecule has 0 saturated carbocycles. The molecule has 0 N–H and O–H groups in total. The minimum Gasteiger partial charge on any atom is -0.0654 e. The molecule has 0 aromatic heterocycles. The van der Waals surface area contributed by atoms with Gasteiger partial charge in [-0.25, -0.2) is 0 Å². The number of fused-ring (bicyclic) bond motifs is 1. The first-order chi connectivity index (χ1) is 6.89. The fraction of sp³-hybridized carbons (Fsp3) is 0.467. The highest BCUT2D eigenvalue weighted by Crippen LogP contribution is 2.35. The van der Waals surface area contributed by atoms with Crippen molar-refractivity contribution in [2.45, 2.75) is 46.5 Å². The summed E-state index contributed by atoms with van der Waals surface area (Å²) in [6.07, 6.45) is 1.14. The van der Waals surface area contributed by atoms with Gasteiger partial charge in [-0.1, -0.05) is 44.5 Å². The van der Waals surface area contributed by atoms with Gasteiger partial charge in [-0.2, -0.15) is 0 Å². The van der Waals surface area contributed by atoms with Crippen molar-refractivity contribution in [1.29, 1.82) is 0 Å². The van der Waals surface area contributed by atoms with Gasteiger partial charge in [0.1, 0.15) is 0 Å². The highest BCUT2D eigenvalue weighted by molar-refractivity contribution is 5.75. The Hall–Kier alpha value is -1.04. The Morgan fingerprint density at radius 2 is 1.73 bits per heavy atom. The monoisotopic (exact) mass is 200 g/mol. The normalized spacial score (nSPS) is 15.8. The summed E-state index contributed by atoms with van der Waals surface area (Å²) in [4.78, 5) is 0. The summed E-state index contributed by atoms with van der Waals surface area (Å²) in [7, 11) is 0. The van der Waals surface area contributed by atoms with E-state index < -0.39 is 0 Å². The van der Waals surface area contributed by atoms with E-state index in [1.54, 1.807) is 0 Å². The van der Waals surface area contributed by atoms with E-state index in [4.69, 9.17) is 0 Å². The van der Waals surface area contributed by atoms with Crippen molar-refractivity contribution in [1.82, 2.24) is 0 Å². The van der Waals surface area contributed by atoms with E-state index in [9.17, 15) is 0 Å². The lowest BCUT2D eigenvalue weighted by Crippen LogP contribution is -2.11. The first-order valence-corrected chi connectivity index (χ1v) is 5.70. The van der Waals surface area contributed by atoms with Gasteiger partial charge < -0.3 is 0 Å². The molecule has 80 valence electrons. The van der Waals surface area contributed by atoms with Gasteiger partial charge in [0.25, 0.3) is 0 Å². The van der Waals surface area contributed by atoms with Crippen molar-refractivity contribution in [3.8, 4) is 0 Å². The molecule has 0 nitrogen and oxygen atoms in total. The Morgan fingerprint density at radius 1 is 1.07 bits per heavy atom. The summed E-state index contributed by atoms with van der Waals surface area (Å²) in [5, 5.41) is 0. The van der Waals surface area contributed by atoms with Crippen LogP contribution in [0, 0.1) is 0 Å². The van der Waals surface area contributed by atoms with Crippen LogP contribution in [0.25, 0.3) is 5.57 Å². The van der Waals surface area contributed by atoms with E-state index in [1.165, 1.54) is 27.8 Å². The number of allylic oxidation sites excluding steroid dienone is 2. The second-order valence-electron chi connectivity index (χ2n) is 5.70. The summed E-state index contributed by atoms with van der Waals surface area (Å²) in [5.41, 5.74) is 7.67. The average Bonchev–Trinajstić information content (AvgIpc) is 2.41. The molecule has 1 aromatic carbocycles. The van der Waals surface area contributed by atoms with E-state index in [0.29, 0.717) is 0 Å². The van der Waals surface area contributed by atoms with Crippen LogP contribution in [0.5, 0.6) is 0 Å². The maximum Gasteiger partial charge on any atom is -0.00579 e. The number of rotatable bonds is 0. The predicted octanol–water partition coefficient (Wildman–Crippen LogP) is 4.33. The molecule has 0 heteroatoms. The molecule has 1 aromatic rings. The molecule has 0 bridgehead atoms. The van der Waals surface area contributed by atoms with Crippen LogP contribution >= 0.6 is 0 Å². The van der Waals surface area contributed by atoms with Gasteiger partial charge in [-0.05, 0) is 47.9 Å². The fourth-order valence-electron chi connectivity index (χ4n) is 2.19. The zero-order chi connectivity index (χ0) is 11.2. The molecule has 1 aliphatic carbocycles. The Bertz CT molecular complexity index is 428. The number of benzene rings is 1. The largest absolute Gasteiger partial charge is 0.0654 e. The van der Waals surface area contributed by atoms with Gasteiger partial charge in [-0.3, -0.25) is 0 Å². The van der Waals surface area contributed by atoms with Crippen LogP contribution in [-0.4, -0.2) is 0 Å². The summed E-state index contributed by atoms with van der Waals surface area (Å²) in [6, 6.07) is 6.96. The van der Waals surface area contributed by atoms with Crippen LogP contribution in [0.4, 0.5) is 0 Å². The molecule has 0 fully saturated rings. The van der Waals surface area contributed by atoms with Crippen LogP contribution in [0.2, 0.25) is 0 Å². The molecule has 0 aliphatic heterocycles.